The largest absolute Gasteiger partial charge is 0.508 e. The van der Waals surface area contributed by atoms with E-state index >= 15 is 8.78 Å². The number of halogens is 2. The van der Waals surface area contributed by atoms with E-state index in [1.807, 2.05) is 6.92 Å². The maximum atomic E-state index is 17.1. The summed E-state index contributed by atoms with van der Waals surface area (Å²) in [6, 6.07) is 6.65. The van der Waals surface area contributed by atoms with Gasteiger partial charge in [-0.2, -0.15) is 9.97 Å². The minimum absolute atomic E-state index is 0.0252. The second kappa shape index (κ2) is 11.3. The summed E-state index contributed by atoms with van der Waals surface area (Å²) in [6.45, 7) is 5.21. The van der Waals surface area contributed by atoms with Crippen LogP contribution in [0.3, 0.4) is 0 Å². The zero-order chi connectivity index (χ0) is 32.7. The van der Waals surface area contributed by atoms with Crippen molar-refractivity contribution in [3.8, 4) is 28.9 Å². The van der Waals surface area contributed by atoms with E-state index in [2.05, 4.69) is 15.1 Å². The second-order valence-electron chi connectivity index (χ2n) is 14.4. The number of aromatic hydroxyl groups is 1. The first kappa shape index (κ1) is 30.2. The highest BCUT2D eigenvalue weighted by Crippen LogP contribution is 2.48. The van der Waals surface area contributed by atoms with Gasteiger partial charge >= 0.3 is 6.01 Å². The molecule has 9 rings (SSSR count). The number of piperazine rings is 1. The fourth-order valence-electron chi connectivity index (χ4n) is 8.68. The molecule has 5 aliphatic rings. The van der Waals surface area contributed by atoms with Gasteiger partial charge < -0.3 is 29.9 Å². The van der Waals surface area contributed by atoms with Crippen LogP contribution in [0.2, 0.25) is 0 Å². The highest BCUT2D eigenvalue weighted by molar-refractivity contribution is 6.03. The van der Waals surface area contributed by atoms with Crippen LogP contribution in [0.15, 0.2) is 24.3 Å². The molecule has 12 heteroatoms. The maximum absolute atomic E-state index is 17.1. The molecular weight excluding hydrogens is 618 g/mol. The monoisotopic (exact) mass is 658 g/mol. The summed E-state index contributed by atoms with van der Waals surface area (Å²) in [6.07, 6.45) is 6.51. The van der Waals surface area contributed by atoms with Crippen molar-refractivity contribution in [2.75, 3.05) is 44.4 Å². The third-order valence-electron chi connectivity index (χ3n) is 11.4. The molecule has 3 saturated heterocycles. The highest BCUT2D eigenvalue weighted by atomic mass is 19.1. The Balaban J connectivity index is 1.18. The van der Waals surface area contributed by atoms with Crippen LogP contribution in [0.4, 0.5) is 14.6 Å². The third-order valence-corrected chi connectivity index (χ3v) is 11.4. The van der Waals surface area contributed by atoms with Crippen molar-refractivity contribution in [1.82, 2.24) is 25.2 Å². The average molecular weight is 659 g/mol. The minimum Gasteiger partial charge on any atom is -0.508 e. The van der Waals surface area contributed by atoms with Gasteiger partial charge in [-0.05, 0) is 86.0 Å². The van der Waals surface area contributed by atoms with Crippen molar-refractivity contribution < 1.29 is 28.5 Å². The summed E-state index contributed by atoms with van der Waals surface area (Å²) in [5, 5.41) is 25.8. The third kappa shape index (κ3) is 4.86. The number of hydrogen-bond donors (Lipinski definition) is 3. The molecule has 0 unspecified atom stereocenters. The maximum Gasteiger partial charge on any atom is 0.319 e. The number of fused-ring (bicyclic) bond motifs is 6. The van der Waals surface area contributed by atoms with Gasteiger partial charge in [-0.1, -0.05) is 13.0 Å². The number of ether oxygens (including phenoxy) is 2. The van der Waals surface area contributed by atoms with Gasteiger partial charge in [-0.25, -0.2) is 13.8 Å². The normalized spacial score (nSPS) is 25.7. The van der Waals surface area contributed by atoms with E-state index in [1.165, 1.54) is 12.1 Å². The summed E-state index contributed by atoms with van der Waals surface area (Å²) in [4.78, 5) is 19.0. The highest BCUT2D eigenvalue weighted by Gasteiger charge is 2.47. The standard InChI is InChI=1S/C36H40F2N6O4/c1-2-23-25(37)7-5-19-12-22(46)13-24(28(19)23)31-30(38)32-29-33(44-14-20-6-8-26(39-20)27(44)16-47-34(29)40-31)42-35(41-32)48-18-36(9-10-36)17-43-11-3-4-21(43)15-45/h5,7,12-13,20-21,26-27,39,45-46H,2-4,6,8-11,14-18H2,1H3/t20-,21+,26+,27-/m0/s1. The molecule has 0 radical (unpaired) electrons. The smallest absolute Gasteiger partial charge is 0.319 e. The van der Waals surface area contributed by atoms with Crippen LogP contribution < -0.4 is 19.7 Å². The number of benzene rings is 2. The zero-order valence-electron chi connectivity index (χ0n) is 27.0. The van der Waals surface area contributed by atoms with Crippen LogP contribution in [0.5, 0.6) is 17.6 Å². The number of pyridine rings is 1. The Morgan fingerprint density at radius 1 is 1.10 bits per heavy atom. The lowest BCUT2D eigenvalue weighted by atomic mass is 9.94. The molecule has 2 bridgehead atoms. The first-order valence-corrected chi connectivity index (χ1v) is 17.3. The van der Waals surface area contributed by atoms with Crippen LogP contribution in [0.25, 0.3) is 32.9 Å². The Labute approximate surface area is 277 Å². The van der Waals surface area contributed by atoms with E-state index in [-0.39, 0.29) is 70.6 Å². The van der Waals surface area contributed by atoms with Gasteiger partial charge in [-0.3, -0.25) is 4.90 Å². The van der Waals surface area contributed by atoms with E-state index in [0.29, 0.717) is 53.7 Å². The summed E-state index contributed by atoms with van der Waals surface area (Å²) in [7, 11) is 0. The molecular formula is C36H40F2N6O4. The lowest BCUT2D eigenvalue weighted by molar-refractivity contribution is 0.113. The molecule has 48 heavy (non-hydrogen) atoms. The molecule has 10 nitrogen and oxygen atoms in total. The number of phenols is 1. The Bertz CT molecular complexity index is 1940. The van der Waals surface area contributed by atoms with Crippen molar-refractivity contribution >= 4 is 27.5 Å². The fraction of sp³-hybridized carbons (Fsp3) is 0.528. The van der Waals surface area contributed by atoms with E-state index < -0.39 is 11.6 Å². The van der Waals surface area contributed by atoms with Gasteiger partial charge in [-0.15, -0.1) is 0 Å². The van der Waals surface area contributed by atoms with Crippen LogP contribution >= 0.6 is 0 Å². The van der Waals surface area contributed by atoms with Crippen LogP contribution in [0, 0.1) is 17.0 Å². The SMILES string of the molecule is CCc1c(F)ccc2cc(O)cc(-c3nc4c5c(nc(OCC6(CN7CCC[C@@H]7CO)CC6)nc5c3F)N3C[C@@H]5CC[C@@H](N5)[C@@H]3CO4)c12. The number of rotatable bonds is 8. The topological polar surface area (TPSA) is 116 Å². The molecule has 2 aromatic heterocycles. The molecule has 1 aliphatic carbocycles. The lowest BCUT2D eigenvalue weighted by Crippen LogP contribution is -2.60. The Morgan fingerprint density at radius 3 is 2.79 bits per heavy atom. The van der Waals surface area contributed by atoms with Crippen molar-refractivity contribution in [1.29, 1.82) is 0 Å². The minimum atomic E-state index is -0.704. The summed E-state index contributed by atoms with van der Waals surface area (Å²) < 4.78 is 45.0. The predicted molar refractivity (Wildman–Crippen MR) is 177 cm³/mol. The second-order valence-corrected chi connectivity index (χ2v) is 14.4. The molecule has 1 saturated carbocycles. The van der Waals surface area contributed by atoms with Gasteiger partial charge in [0.05, 0.1) is 19.3 Å². The molecule has 4 aliphatic heterocycles. The molecule has 4 aromatic rings. The molecule has 2 aromatic carbocycles. The number of hydrogen-bond acceptors (Lipinski definition) is 10. The lowest BCUT2D eigenvalue weighted by Gasteiger charge is -2.40. The number of nitrogens with one attached hydrogen (secondary N) is 1. The number of anilines is 1. The van der Waals surface area contributed by atoms with Gasteiger partial charge in [0.1, 0.15) is 40.6 Å². The van der Waals surface area contributed by atoms with Crippen LogP contribution in [-0.4, -0.2) is 93.7 Å². The molecule has 6 heterocycles. The number of aromatic nitrogens is 3. The van der Waals surface area contributed by atoms with Gasteiger partial charge in [0, 0.05) is 42.2 Å². The number of nitrogens with zero attached hydrogens (tertiary/aromatic N) is 5. The van der Waals surface area contributed by atoms with Gasteiger partial charge in [0.2, 0.25) is 5.88 Å². The Kier molecular flexibility index (Phi) is 7.14. The Morgan fingerprint density at radius 2 is 1.98 bits per heavy atom. The van der Waals surface area contributed by atoms with E-state index in [9.17, 15) is 10.2 Å². The molecule has 0 spiro atoms. The van der Waals surface area contributed by atoms with Crippen molar-refractivity contribution in [2.24, 2.45) is 5.41 Å². The number of likely N-dealkylation sites (tertiary alicyclic amines) is 1. The number of aliphatic hydroxyl groups excluding tert-OH is 1. The van der Waals surface area contributed by atoms with E-state index in [0.717, 1.165) is 51.6 Å². The number of aliphatic hydroxyl groups is 1. The molecule has 4 atom stereocenters. The van der Waals surface area contributed by atoms with E-state index in [4.69, 9.17) is 24.4 Å². The van der Waals surface area contributed by atoms with Crippen LogP contribution in [0.1, 0.15) is 51.0 Å². The van der Waals surface area contributed by atoms with Gasteiger partial charge in [0.25, 0.3) is 0 Å². The number of aryl methyl sites for hydroxylation is 1. The summed E-state index contributed by atoms with van der Waals surface area (Å²) >= 11 is 0. The molecule has 4 fully saturated rings. The van der Waals surface area contributed by atoms with Crippen molar-refractivity contribution in [3.05, 3.63) is 41.5 Å². The van der Waals surface area contributed by atoms with E-state index in [1.54, 1.807) is 12.1 Å². The first-order chi connectivity index (χ1) is 23.3. The average Bonchev–Trinajstić information content (AvgIpc) is 3.58. The van der Waals surface area contributed by atoms with Crippen LogP contribution in [-0.2, 0) is 6.42 Å². The quantitative estimate of drug-likeness (QED) is 0.246. The molecule has 3 N–H and O–H groups in total. The van der Waals surface area contributed by atoms with Gasteiger partial charge in [0.15, 0.2) is 5.82 Å². The molecule has 0 amide bonds. The van der Waals surface area contributed by atoms with Crippen molar-refractivity contribution in [3.63, 3.8) is 0 Å². The zero-order valence-corrected chi connectivity index (χ0v) is 27.0. The first-order valence-electron chi connectivity index (χ1n) is 17.3. The number of phenolic OH excluding ortho intramolecular Hbond substituents is 1. The Hall–Kier alpha value is -3.87. The van der Waals surface area contributed by atoms with Crippen molar-refractivity contribution in [2.45, 2.75) is 76.0 Å². The predicted octanol–water partition coefficient (Wildman–Crippen LogP) is 4.71. The molecule has 252 valence electrons. The summed E-state index contributed by atoms with van der Waals surface area (Å²) in [5.41, 5.74) is 0.581. The summed E-state index contributed by atoms with van der Waals surface area (Å²) in [5.74, 6) is -0.427. The fourth-order valence-corrected chi connectivity index (χ4v) is 8.68.